The van der Waals surface area contributed by atoms with Crippen molar-refractivity contribution in [3.8, 4) is 0 Å². The Morgan fingerprint density at radius 2 is 1.57 bits per heavy atom. The summed E-state index contributed by atoms with van der Waals surface area (Å²) in [6.07, 6.45) is -4.38. The largest absolute Gasteiger partial charge is 0.416 e. The minimum absolute atomic E-state index is 0.333. The average Bonchev–Trinajstić information content (AvgIpc) is 2.36. The first-order valence-electron chi connectivity index (χ1n) is 6.36. The molecule has 4 nitrogen and oxygen atoms in total. The molecule has 1 rings (SSSR count). The molecule has 116 valence electrons. The van der Waals surface area contributed by atoms with Gasteiger partial charge in [-0.1, -0.05) is 12.1 Å². The monoisotopic (exact) mass is 302 g/mol. The second-order valence-electron chi connectivity index (χ2n) is 4.77. The molecule has 0 aliphatic rings. The summed E-state index contributed by atoms with van der Waals surface area (Å²) in [7, 11) is 0. The predicted octanol–water partition coefficient (Wildman–Crippen LogP) is 2.41. The number of carbonyl (C=O) groups is 2. The first kappa shape index (κ1) is 17.0. The van der Waals surface area contributed by atoms with E-state index in [0.717, 1.165) is 12.1 Å². The summed E-state index contributed by atoms with van der Waals surface area (Å²) in [5, 5.41) is 5.05. The van der Waals surface area contributed by atoms with Crippen molar-refractivity contribution in [2.24, 2.45) is 0 Å². The summed E-state index contributed by atoms with van der Waals surface area (Å²) >= 11 is 0. The number of halogens is 3. The van der Waals surface area contributed by atoms with Gasteiger partial charge in [0.05, 0.1) is 11.6 Å². The van der Waals surface area contributed by atoms with Crippen LogP contribution in [0.15, 0.2) is 24.3 Å². The molecule has 1 aromatic carbocycles. The molecule has 2 N–H and O–H groups in total. The molecule has 7 heteroatoms. The number of amides is 2. The molecular weight excluding hydrogens is 285 g/mol. The lowest BCUT2D eigenvalue weighted by Gasteiger charge is -2.18. The summed E-state index contributed by atoms with van der Waals surface area (Å²) in [5.41, 5.74) is -0.192. The van der Waals surface area contributed by atoms with Crippen LogP contribution in [0.25, 0.3) is 0 Å². The molecule has 0 saturated carbocycles. The van der Waals surface area contributed by atoms with Gasteiger partial charge in [-0.2, -0.15) is 13.2 Å². The molecule has 0 unspecified atom stereocenters. The van der Waals surface area contributed by atoms with Gasteiger partial charge in [0, 0.05) is 6.92 Å². The smallest absolute Gasteiger partial charge is 0.348 e. The standard InChI is InChI=1S/C14H17F3N2O2/c1-8(19-13(21)9(2)18-10(3)20)11-4-6-12(7-5-11)14(15,16)17/h4-9H,1-3H3,(H,18,20)(H,19,21)/t8-,9+/m1/s1. The molecule has 1 aromatic rings. The number of nitrogens with one attached hydrogen (secondary N) is 2. The fourth-order valence-corrected chi connectivity index (χ4v) is 1.75. The third-order valence-corrected chi connectivity index (χ3v) is 2.91. The Morgan fingerprint density at radius 3 is 2.00 bits per heavy atom. The number of hydrogen-bond acceptors (Lipinski definition) is 2. The maximum atomic E-state index is 12.4. The molecule has 0 radical (unpaired) electrons. The van der Waals surface area contributed by atoms with Crippen LogP contribution in [0.5, 0.6) is 0 Å². The van der Waals surface area contributed by atoms with Gasteiger partial charge in [0.1, 0.15) is 6.04 Å². The van der Waals surface area contributed by atoms with E-state index in [1.54, 1.807) is 6.92 Å². The summed E-state index contributed by atoms with van der Waals surface area (Å²) in [6.45, 7) is 4.47. The first-order chi connectivity index (χ1) is 9.61. The number of alkyl halides is 3. The zero-order valence-electron chi connectivity index (χ0n) is 11.9. The van der Waals surface area contributed by atoms with Crippen LogP contribution in [0.2, 0.25) is 0 Å². The van der Waals surface area contributed by atoms with Crippen molar-refractivity contribution in [3.05, 3.63) is 35.4 Å². The lowest BCUT2D eigenvalue weighted by Crippen LogP contribution is -2.44. The van der Waals surface area contributed by atoms with Crippen LogP contribution in [0.3, 0.4) is 0 Å². The zero-order valence-corrected chi connectivity index (χ0v) is 11.9. The average molecular weight is 302 g/mol. The molecule has 21 heavy (non-hydrogen) atoms. The van der Waals surface area contributed by atoms with Gasteiger partial charge < -0.3 is 10.6 Å². The Labute approximate surface area is 120 Å². The van der Waals surface area contributed by atoms with E-state index in [4.69, 9.17) is 0 Å². The molecule has 0 aliphatic heterocycles. The molecule has 0 heterocycles. The van der Waals surface area contributed by atoms with E-state index in [-0.39, 0.29) is 5.91 Å². The summed E-state index contributed by atoms with van der Waals surface area (Å²) in [6, 6.07) is 3.40. The molecule has 0 aliphatic carbocycles. The van der Waals surface area contributed by atoms with Gasteiger partial charge in [-0.05, 0) is 31.5 Å². The Kier molecular flexibility index (Phi) is 5.34. The Hall–Kier alpha value is -2.05. The van der Waals surface area contributed by atoms with Gasteiger partial charge >= 0.3 is 6.18 Å². The Balaban J connectivity index is 2.69. The van der Waals surface area contributed by atoms with E-state index in [1.807, 2.05) is 0 Å². The summed E-state index contributed by atoms with van der Waals surface area (Å²) < 4.78 is 37.3. The van der Waals surface area contributed by atoms with Gasteiger partial charge in [0.25, 0.3) is 0 Å². The number of hydrogen-bond donors (Lipinski definition) is 2. The van der Waals surface area contributed by atoms with E-state index < -0.39 is 29.7 Å². The van der Waals surface area contributed by atoms with Gasteiger partial charge in [0.2, 0.25) is 11.8 Å². The number of carbonyl (C=O) groups excluding carboxylic acids is 2. The van der Waals surface area contributed by atoms with Crippen LogP contribution in [0.4, 0.5) is 13.2 Å². The summed E-state index contributed by atoms with van der Waals surface area (Å²) in [5.74, 6) is -0.738. The topological polar surface area (TPSA) is 58.2 Å². The van der Waals surface area contributed by atoms with E-state index in [2.05, 4.69) is 10.6 Å². The van der Waals surface area contributed by atoms with Gasteiger partial charge in [0.15, 0.2) is 0 Å². The lowest BCUT2D eigenvalue weighted by atomic mass is 10.1. The lowest BCUT2D eigenvalue weighted by molar-refractivity contribution is -0.137. The van der Waals surface area contributed by atoms with Crippen molar-refractivity contribution >= 4 is 11.8 Å². The van der Waals surface area contributed by atoms with Crippen molar-refractivity contribution in [3.63, 3.8) is 0 Å². The van der Waals surface area contributed by atoms with Crippen molar-refractivity contribution < 1.29 is 22.8 Å². The summed E-state index contributed by atoms with van der Waals surface area (Å²) in [4.78, 5) is 22.6. The molecule has 0 aromatic heterocycles. The highest BCUT2D eigenvalue weighted by Gasteiger charge is 2.30. The van der Waals surface area contributed by atoms with Crippen molar-refractivity contribution in [1.29, 1.82) is 0 Å². The maximum Gasteiger partial charge on any atom is 0.416 e. The van der Waals surface area contributed by atoms with Crippen LogP contribution in [-0.2, 0) is 15.8 Å². The fraction of sp³-hybridized carbons (Fsp3) is 0.429. The molecule has 2 atom stereocenters. The van der Waals surface area contributed by atoms with Crippen LogP contribution in [0.1, 0.15) is 37.9 Å². The zero-order chi connectivity index (χ0) is 16.2. The van der Waals surface area contributed by atoms with Crippen LogP contribution in [-0.4, -0.2) is 17.9 Å². The van der Waals surface area contributed by atoms with Gasteiger partial charge in [-0.25, -0.2) is 0 Å². The minimum Gasteiger partial charge on any atom is -0.348 e. The highest BCUT2D eigenvalue weighted by atomic mass is 19.4. The van der Waals surface area contributed by atoms with E-state index in [0.29, 0.717) is 5.56 Å². The quantitative estimate of drug-likeness (QED) is 0.897. The van der Waals surface area contributed by atoms with E-state index in [9.17, 15) is 22.8 Å². The Morgan fingerprint density at radius 1 is 1.05 bits per heavy atom. The highest BCUT2D eigenvalue weighted by Crippen LogP contribution is 2.29. The molecular formula is C14H17F3N2O2. The molecule has 0 fully saturated rings. The van der Waals surface area contributed by atoms with Crippen LogP contribution < -0.4 is 10.6 Å². The van der Waals surface area contributed by atoms with Crippen molar-refractivity contribution in [1.82, 2.24) is 10.6 Å². The van der Waals surface area contributed by atoms with Gasteiger partial charge in [-0.15, -0.1) is 0 Å². The van der Waals surface area contributed by atoms with Crippen molar-refractivity contribution in [2.45, 2.75) is 39.0 Å². The van der Waals surface area contributed by atoms with Crippen LogP contribution >= 0.6 is 0 Å². The van der Waals surface area contributed by atoms with Gasteiger partial charge in [-0.3, -0.25) is 9.59 Å². The predicted molar refractivity (Wildman–Crippen MR) is 71.3 cm³/mol. The second-order valence-corrected chi connectivity index (χ2v) is 4.77. The number of rotatable bonds is 4. The highest BCUT2D eigenvalue weighted by molar-refractivity contribution is 5.86. The minimum atomic E-state index is -4.38. The maximum absolute atomic E-state index is 12.4. The normalized spacial score (nSPS) is 14.2. The molecule has 0 bridgehead atoms. The third-order valence-electron chi connectivity index (χ3n) is 2.91. The van der Waals surface area contributed by atoms with Crippen LogP contribution in [0, 0.1) is 0 Å². The van der Waals surface area contributed by atoms with Crippen molar-refractivity contribution in [2.75, 3.05) is 0 Å². The Bertz CT molecular complexity index is 512. The molecule has 0 saturated heterocycles. The third kappa shape index (κ3) is 5.09. The number of benzene rings is 1. The SMILES string of the molecule is CC(=O)N[C@@H](C)C(=O)N[C@H](C)c1ccc(C(F)(F)F)cc1. The first-order valence-corrected chi connectivity index (χ1v) is 6.36. The van der Waals surface area contributed by atoms with E-state index >= 15 is 0 Å². The second kappa shape index (κ2) is 6.60. The fourth-order valence-electron chi connectivity index (χ4n) is 1.75. The molecule has 0 spiro atoms. The molecule has 2 amide bonds. The van der Waals surface area contributed by atoms with E-state index in [1.165, 1.54) is 26.0 Å².